The van der Waals surface area contributed by atoms with E-state index in [4.69, 9.17) is 9.52 Å². The predicted molar refractivity (Wildman–Crippen MR) is 128 cm³/mol. The molecule has 10 nitrogen and oxygen atoms in total. The molecule has 0 spiro atoms. The average Bonchev–Trinajstić information content (AvgIpc) is 3.52. The minimum atomic E-state index is -0.506. The van der Waals surface area contributed by atoms with Gasteiger partial charge in [-0.05, 0) is 30.7 Å². The molecule has 1 aromatic heterocycles. The van der Waals surface area contributed by atoms with Crippen LogP contribution in [-0.4, -0.2) is 46.4 Å². The highest BCUT2D eigenvalue weighted by atomic mass is 16.6. The van der Waals surface area contributed by atoms with Gasteiger partial charge in [-0.1, -0.05) is 29.8 Å². The number of nitrogens with zero attached hydrogens (tertiary/aromatic N) is 3. The molecule has 0 aliphatic carbocycles. The number of furan rings is 1. The molecule has 1 aliphatic rings. The Labute approximate surface area is 196 Å². The molecule has 3 N–H and O–H groups in total. The molecule has 0 fully saturated rings. The van der Waals surface area contributed by atoms with Gasteiger partial charge in [0.15, 0.2) is 0 Å². The quantitative estimate of drug-likeness (QED) is 0.325. The monoisotopic (exact) mass is 463 g/mol. The Hall–Kier alpha value is -4.18. The molecule has 0 bridgehead atoms. The van der Waals surface area contributed by atoms with Crippen molar-refractivity contribution < 1.29 is 19.2 Å². The summed E-state index contributed by atoms with van der Waals surface area (Å²) in [6, 6.07) is 15.4. The molecular formula is C24H25N5O5. The van der Waals surface area contributed by atoms with Gasteiger partial charge in [-0.25, -0.2) is 5.01 Å². The molecule has 1 unspecified atom stereocenters. The summed E-state index contributed by atoms with van der Waals surface area (Å²) in [6.45, 7) is 2.02. The van der Waals surface area contributed by atoms with E-state index in [0.29, 0.717) is 23.6 Å². The maximum absolute atomic E-state index is 13.2. The molecule has 0 saturated carbocycles. The highest BCUT2D eigenvalue weighted by Gasteiger charge is 2.34. The summed E-state index contributed by atoms with van der Waals surface area (Å²) >= 11 is 0. The lowest BCUT2D eigenvalue weighted by molar-refractivity contribution is -0.384. The Balaban J connectivity index is 1.56. The van der Waals surface area contributed by atoms with Gasteiger partial charge >= 0.3 is 0 Å². The van der Waals surface area contributed by atoms with E-state index in [0.717, 1.165) is 16.8 Å². The standard InChI is InChI=1S/C24H25N5O5/c1-16-4-6-17(7-5-16)20-14-22(23-3-2-12-34-23)28(27-20)24(31)15-26-21-13-18(29(32)33)8-9-19(21)25-10-11-30/h2-9,12-13,22,25-26,30H,10-11,14-15H2,1H3. The van der Waals surface area contributed by atoms with E-state index in [2.05, 4.69) is 15.7 Å². The molecule has 1 aliphatic heterocycles. The predicted octanol–water partition coefficient (Wildman–Crippen LogP) is 3.69. The Kier molecular flexibility index (Phi) is 6.88. The Morgan fingerprint density at radius 2 is 2.00 bits per heavy atom. The van der Waals surface area contributed by atoms with Crippen molar-refractivity contribution in [1.82, 2.24) is 5.01 Å². The summed E-state index contributed by atoms with van der Waals surface area (Å²) in [7, 11) is 0. The number of anilines is 2. The van der Waals surface area contributed by atoms with Gasteiger partial charge in [-0.15, -0.1) is 0 Å². The maximum Gasteiger partial charge on any atom is 0.271 e. The van der Waals surface area contributed by atoms with Crippen molar-refractivity contribution >= 4 is 28.7 Å². The zero-order valence-electron chi connectivity index (χ0n) is 18.6. The SMILES string of the molecule is Cc1ccc(C2=NN(C(=O)CNc3cc([N+](=O)[O-])ccc3NCCO)C(c3ccco3)C2)cc1. The van der Waals surface area contributed by atoms with E-state index in [1.165, 1.54) is 23.2 Å². The van der Waals surface area contributed by atoms with Crippen LogP contribution >= 0.6 is 0 Å². The van der Waals surface area contributed by atoms with Gasteiger partial charge in [-0.3, -0.25) is 14.9 Å². The van der Waals surface area contributed by atoms with Gasteiger partial charge in [0.2, 0.25) is 0 Å². The number of aryl methyl sites for hydroxylation is 1. The number of carbonyl (C=O) groups excluding carboxylic acids is 1. The molecule has 1 atom stereocenters. The second kappa shape index (κ2) is 10.2. The number of aliphatic hydroxyl groups excluding tert-OH is 1. The Bertz CT molecular complexity index is 1190. The Morgan fingerprint density at radius 1 is 1.21 bits per heavy atom. The summed E-state index contributed by atoms with van der Waals surface area (Å²) in [4.78, 5) is 23.9. The van der Waals surface area contributed by atoms with Crippen molar-refractivity contribution in [1.29, 1.82) is 0 Å². The minimum Gasteiger partial charge on any atom is -0.467 e. The second-order valence-electron chi connectivity index (χ2n) is 7.88. The van der Waals surface area contributed by atoms with E-state index in [-0.39, 0.29) is 31.3 Å². The van der Waals surface area contributed by atoms with E-state index in [1.54, 1.807) is 12.3 Å². The molecule has 2 heterocycles. The normalized spacial score (nSPS) is 15.2. The van der Waals surface area contributed by atoms with Crippen LogP contribution in [0, 0.1) is 17.0 Å². The first-order chi connectivity index (χ1) is 16.5. The molecule has 34 heavy (non-hydrogen) atoms. The van der Waals surface area contributed by atoms with Gasteiger partial charge < -0.3 is 20.2 Å². The lowest BCUT2D eigenvalue weighted by atomic mass is 10.0. The third-order valence-electron chi connectivity index (χ3n) is 5.49. The van der Waals surface area contributed by atoms with Crippen LogP contribution in [0.3, 0.4) is 0 Å². The number of aliphatic hydroxyl groups is 1. The highest BCUT2D eigenvalue weighted by Crippen LogP contribution is 2.33. The number of carbonyl (C=O) groups is 1. The van der Waals surface area contributed by atoms with E-state index >= 15 is 0 Å². The number of nitro groups is 1. The first-order valence-corrected chi connectivity index (χ1v) is 10.8. The summed E-state index contributed by atoms with van der Waals surface area (Å²) in [5.74, 6) is 0.308. The summed E-state index contributed by atoms with van der Waals surface area (Å²) in [5, 5.41) is 32.3. The Morgan fingerprint density at radius 3 is 2.68 bits per heavy atom. The van der Waals surface area contributed by atoms with Crippen molar-refractivity contribution in [3.63, 3.8) is 0 Å². The van der Waals surface area contributed by atoms with Crippen LogP contribution in [0.25, 0.3) is 0 Å². The van der Waals surface area contributed by atoms with Gasteiger partial charge in [0.05, 0.1) is 41.4 Å². The molecule has 176 valence electrons. The maximum atomic E-state index is 13.2. The van der Waals surface area contributed by atoms with Crippen molar-refractivity contribution in [2.45, 2.75) is 19.4 Å². The number of nitrogens with one attached hydrogen (secondary N) is 2. The van der Waals surface area contributed by atoms with Crippen molar-refractivity contribution in [3.8, 4) is 0 Å². The summed E-state index contributed by atoms with van der Waals surface area (Å²) < 4.78 is 5.57. The largest absolute Gasteiger partial charge is 0.467 e. The van der Waals surface area contributed by atoms with Gasteiger partial charge in [-0.2, -0.15) is 5.10 Å². The zero-order valence-corrected chi connectivity index (χ0v) is 18.6. The van der Waals surface area contributed by atoms with Gasteiger partial charge in [0, 0.05) is 25.1 Å². The van der Waals surface area contributed by atoms with Crippen LogP contribution in [0.4, 0.5) is 17.1 Å². The molecule has 2 aromatic carbocycles. The lowest BCUT2D eigenvalue weighted by Crippen LogP contribution is -2.32. The fraction of sp³-hybridized carbons (Fsp3) is 0.250. The number of hydrogen-bond acceptors (Lipinski definition) is 8. The summed E-state index contributed by atoms with van der Waals surface area (Å²) in [5.41, 5.74) is 3.64. The van der Waals surface area contributed by atoms with Gasteiger partial charge in [0.1, 0.15) is 11.8 Å². The molecule has 0 saturated heterocycles. The highest BCUT2D eigenvalue weighted by molar-refractivity contribution is 6.03. The fourth-order valence-electron chi connectivity index (χ4n) is 3.75. The number of hydrogen-bond donors (Lipinski definition) is 3. The molecule has 0 radical (unpaired) electrons. The zero-order chi connectivity index (χ0) is 24.1. The smallest absolute Gasteiger partial charge is 0.271 e. The first-order valence-electron chi connectivity index (χ1n) is 10.8. The van der Waals surface area contributed by atoms with Crippen LogP contribution in [-0.2, 0) is 4.79 Å². The van der Waals surface area contributed by atoms with Crippen molar-refractivity contribution in [2.75, 3.05) is 30.3 Å². The van der Waals surface area contributed by atoms with Crippen LogP contribution in [0.15, 0.2) is 70.4 Å². The fourth-order valence-corrected chi connectivity index (χ4v) is 3.75. The number of hydrazone groups is 1. The molecule has 3 aromatic rings. The number of non-ortho nitro benzene ring substituents is 1. The second-order valence-corrected chi connectivity index (χ2v) is 7.88. The number of rotatable bonds is 9. The van der Waals surface area contributed by atoms with Crippen molar-refractivity contribution in [3.05, 3.63) is 87.9 Å². The summed E-state index contributed by atoms with van der Waals surface area (Å²) in [6.07, 6.45) is 2.06. The topological polar surface area (TPSA) is 133 Å². The van der Waals surface area contributed by atoms with E-state index < -0.39 is 11.0 Å². The van der Waals surface area contributed by atoms with Crippen LogP contribution < -0.4 is 10.6 Å². The van der Waals surface area contributed by atoms with Crippen molar-refractivity contribution in [2.24, 2.45) is 5.10 Å². The third-order valence-corrected chi connectivity index (χ3v) is 5.49. The lowest BCUT2D eigenvalue weighted by Gasteiger charge is -2.21. The van der Waals surface area contributed by atoms with Crippen LogP contribution in [0.2, 0.25) is 0 Å². The van der Waals surface area contributed by atoms with E-state index in [1.807, 2.05) is 37.3 Å². The van der Waals surface area contributed by atoms with Crippen LogP contribution in [0.5, 0.6) is 0 Å². The first kappa shape index (κ1) is 23.0. The van der Waals surface area contributed by atoms with Crippen LogP contribution in [0.1, 0.15) is 29.3 Å². The molecule has 10 heteroatoms. The number of amides is 1. The van der Waals surface area contributed by atoms with Gasteiger partial charge in [0.25, 0.3) is 11.6 Å². The molecular weight excluding hydrogens is 438 g/mol. The molecule has 4 rings (SSSR count). The third kappa shape index (κ3) is 5.07. The average molecular weight is 463 g/mol. The number of nitro benzene ring substituents is 1. The van der Waals surface area contributed by atoms with E-state index in [9.17, 15) is 14.9 Å². The minimum absolute atomic E-state index is 0.107. The number of benzene rings is 2. The molecule has 1 amide bonds.